The Bertz CT molecular complexity index is 543. The number of Topliss-reactive ketones (excluding diaryl/α,β-unsaturated/α-hetero) is 1. The van der Waals surface area contributed by atoms with Crippen LogP contribution in [-0.4, -0.2) is 38.0 Å². The second-order valence-electron chi connectivity index (χ2n) is 5.55. The number of rotatable bonds is 9. The first kappa shape index (κ1) is 19.0. The Labute approximate surface area is 137 Å². The van der Waals surface area contributed by atoms with Crippen molar-refractivity contribution in [3.05, 3.63) is 18.2 Å². The number of ether oxygens (including phenoxy) is 2. The minimum Gasteiger partial charge on any atom is -0.497 e. The highest BCUT2D eigenvalue weighted by Gasteiger charge is 2.25. The van der Waals surface area contributed by atoms with Crippen LogP contribution in [0.4, 0.5) is 5.69 Å². The van der Waals surface area contributed by atoms with Crippen LogP contribution in [0.2, 0.25) is 0 Å². The molecule has 1 rings (SSSR count). The first-order valence-corrected chi connectivity index (χ1v) is 7.76. The highest BCUT2D eigenvalue weighted by molar-refractivity contribution is 6.42. The Morgan fingerprint density at radius 2 is 1.87 bits per heavy atom. The van der Waals surface area contributed by atoms with Gasteiger partial charge >= 0.3 is 0 Å². The van der Waals surface area contributed by atoms with Gasteiger partial charge in [0.15, 0.2) is 0 Å². The van der Waals surface area contributed by atoms with E-state index in [9.17, 15) is 9.59 Å². The molecule has 23 heavy (non-hydrogen) atoms. The molecule has 0 saturated carbocycles. The molecule has 0 aliphatic heterocycles. The standard InChI is InChI=1S/C17H26N2O4/c1-6-7-13(18-11(2)3)16(20)17(21)19-14-10-12(22-4)8-9-15(14)23-5/h8-11,13,18H,6-7H2,1-5H3,(H,19,21). The summed E-state index contributed by atoms with van der Waals surface area (Å²) in [6.45, 7) is 5.86. The monoisotopic (exact) mass is 322 g/mol. The summed E-state index contributed by atoms with van der Waals surface area (Å²) in [7, 11) is 3.03. The average molecular weight is 322 g/mol. The molecule has 6 nitrogen and oxygen atoms in total. The van der Waals surface area contributed by atoms with Gasteiger partial charge in [-0.2, -0.15) is 0 Å². The van der Waals surface area contributed by atoms with Gasteiger partial charge in [-0.1, -0.05) is 27.2 Å². The van der Waals surface area contributed by atoms with E-state index >= 15 is 0 Å². The first-order valence-electron chi connectivity index (χ1n) is 7.76. The molecule has 0 saturated heterocycles. The third-order valence-corrected chi connectivity index (χ3v) is 3.31. The van der Waals surface area contributed by atoms with Gasteiger partial charge in [-0.15, -0.1) is 0 Å². The summed E-state index contributed by atoms with van der Waals surface area (Å²) in [5.74, 6) is -0.108. The molecule has 1 atom stereocenters. The SMILES string of the molecule is CCCC(NC(C)C)C(=O)C(=O)Nc1cc(OC)ccc1OC. The van der Waals surface area contributed by atoms with Crippen LogP contribution < -0.4 is 20.1 Å². The van der Waals surface area contributed by atoms with E-state index in [1.807, 2.05) is 20.8 Å². The molecule has 0 aliphatic rings. The minimum atomic E-state index is -0.664. The van der Waals surface area contributed by atoms with Crippen molar-refractivity contribution in [3.8, 4) is 11.5 Å². The topological polar surface area (TPSA) is 76.7 Å². The zero-order valence-corrected chi connectivity index (χ0v) is 14.4. The number of ketones is 1. The predicted octanol–water partition coefficient (Wildman–Crippen LogP) is 2.38. The normalized spacial score (nSPS) is 11.9. The first-order chi connectivity index (χ1) is 10.9. The van der Waals surface area contributed by atoms with Gasteiger partial charge < -0.3 is 20.1 Å². The van der Waals surface area contributed by atoms with Crippen molar-refractivity contribution in [3.63, 3.8) is 0 Å². The zero-order chi connectivity index (χ0) is 17.4. The fraction of sp³-hybridized carbons (Fsp3) is 0.529. The Hall–Kier alpha value is -2.08. The Balaban J connectivity index is 2.90. The summed E-state index contributed by atoms with van der Waals surface area (Å²) in [6.07, 6.45) is 1.42. The lowest BCUT2D eigenvalue weighted by molar-refractivity contribution is -0.136. The Morgan fingerprint density at radius 3 is 2.39 bits per heavy atom. The maximum absolute atomic E-state index is 12.4. The van der Waals surface area contributed by atoms with Crippen molar-refractivity contribution in [2.45, 2.75) is 45.7 Å². The second kappa shape index (κ2) is 9.15. The van der Waals surface area contributed by atoms with Crippen LogP contribution in [0.1, 0.15) is 33.6 Å². The lowest BCUT2D eigenvalue weighted by atomic mass is 10.1. The molecule has 128 valence electrons. The van der Waals surface area contributed by atoms with Crippen LogP contribution in [-0.2, 0) is 9.59 Å². The third kappa shape index (κ3) is 5.56. The molecule has 6 heteroatoms. The van der Waals surface area contributed by atoms with Crippen LogP contribution in [0.15, 0.2) is 18.2 Å². The van der Waals surface area contributed by atoms with E-state index in [2.05, 4.69) is 10.6 Å². The summed E-state index contributed by atoms with van der Waals surface area (Å²) < 4.78 is 10.3. The summed E-state index contributed by atoms with van der Waals surface area (Å²) in [5, 5.41) is 5.75. The molecule has 1 aromatic carbocycles. The molecule has 0 radical (unpaired) electrons. The highest BCUT2D eigenvalue weighted by atomic mass is 16.5. The Morgan fingerprint density at radius 1 is 1.17 bits per heavy atom. The van der Waals surface area contributed by atoms with E-state index in [-0.39, 0.29) is 6.04 Å². The molecular formula is C17H26N2O4. The molecule has 2 N–H and O–H groups in total. The number of hydrogen-bond acceptors (Lipinski definition) is 5. The molecule has 1 amide bonds. The van der Waals surface area contributed by atoms with Gasteiger partial charge in [0.05, 0.1) is 25.9 Å². The van der Waals surface area contributed by atoms with Gasteiger partial charge in [-0.05, 0) is 18.6 Å². The van der Waals surface area contributed by atoms with Crippen LogP contribution >= 0.6 is 0 Å². The second-order valence-corrected chi connectivity index (χ2v) is 5.55. The number of anilines is 1. The van der Waals surface area contributed by atoms with E-state index in [4.69, 9.17) is 9.47 Å². The molecule has 1 unspecified atom stereocenters. The Kier molecular flexibility index (Phi) is 7.54. The fourth-order valence-electron chi connectivity index (χ4n) is 2.24. The summed E-state index contributed by atoms with van der Waals surface area (Å²) in [5.41, 5.74) is 0.407. The molecular weight excluding hydrogens is 296 g/mol. The maximum atomic E-state index is 12.4. The molecule has 0 aliphatic carbocycles. The van der Waals surface area contributed by atoms with E-state index in [0.29, 0.717) is 23.6 Å². The smallest absolute Gasteiger partial charge is 0.293 e. The lowest BCUT2D eigenvalue weighted by Crippen LogP contribution is -2.45. The third-order valence-electron chi connectivity index (χ3n) is 3.31. The van der Waals surface area contributed by atoms with Crippen LogP contribution in [0.3, 0.4) is 0 Å². The van der Waals surface area contributed by atoms with Crippen molar-refractivity contribution in [1.29, 1.82) is 0 Å². The van der Waals surface area contributed by atoms with Gasteiger partial charge in [0.25, 0.3) is 5.91 Å². The van der Waals surface area contributed by atoms with Crippen molar-refractivity contribution in [2.75, 3.05) is 19.5 Å². The van der Waals surface area contributed by atoms with E-state index in [0.717, 1.165) is 6.42 Å². The van der Waals surface area contributed by atoms with Gasteiger partial charge in [0.2, 0.25) is 5.78 Å². The van der Waals surface area contributed by atoms with Crippen LogP contribution in [0.25, 0.3) is 0 Å². The summed E-state index contributed by atoms with van der Waals surface area (Å²) in [4.78, 5) is 24.7. The van der Waals surface area contributed by atoms with Crippen molar-refractivity contribution < 1.29 is 19.1 Å². The van der Waals surface area contributed by atoms with E-state index in [1.54, 1.807) is 18.2 Å². The number of amides is 1. The molecule has 0 heterocycles. The van der Waals surface area contributed by atoms with Crippen molar-refractivity contribution >= 4 is 17.4 Å². The number of benzene rings is 1. The molecule has 0 aromatic heterocycles. The van der Waals surface area contributed by atoms with E-state index in [1.165, 1.54) is 14.2 Å². The number of methoxy groups -OCH3 is 2. The quantitative estimate of drug-likeness (QED) is 0.683. The zero-order valence-electron chi connectivity index (χ0n) is 14.4. The van der Waals surface area contributed by atoms with E-state index < -0.39 is 17.7 Å². The molecule has 0 bridgehead atoms. The van der Waals surface area contributed by atoms with Crippen LogP contribution in [0, 0.1) is 0 Å². The van der Waals surface area contributed by atoms with Gasteiger partial charge in [-0.3, -0.25) is 9.59 Å². The fourth-order valence-corrected chi connectivity index (χ4v) is 2.24. The molecule has 0 spiro atoms. The molecule has 1 aromatic rings. The maximum Gasteiger partial charge on any atom is 0.293 e. The van der Waals surface area contributed by atoms with Gasteiger partial charge in [-0.25, -0.2) is 0 Å². The number of carbonyl (C=O) groups is 2. The summed E-state index contributed by atoms with van der Waals surface area (Å²) in [6, 6.07) is 4.64. The number of nitrogens with one attached hydrogen (secondary N) is 2. The van der Waals surface area contributed by atoms with Gasteiger partial charge in [0.1, 0.15) is 11.5 Å². The van der Waals surface area contributed by atoms with Crippen LogP contribution in [0.5, 0.6) is 11.5 Å². The minimum absolute atomic E-state index is 0.120. The largest absolute Gasteiger partial charge is 0.497 e. The predicted molar refractivity (Wildman–Crippen MR) is 90.2 cm³/mol. The van der Waals surface area contributed by atoms with Crippen molar-refractivity contribution in [2.24, 2.45) is 0 Å². The van der Waals surface area contributed by atoms with Gasteiger partial charge in [0, 0.05) is 12.1 Å². The number of carbonyl (C=O) groups excluding carboxylic acids is 2. The highest BCUT2D eigenvalue weighted by Crippen LogP contribution is 2.28. The average Bonchev–Trinajstić information content (AvgIpc) is 2.53. The van der Waals surface area contributed by atoms with Crippen molar-refractivity contribution in [1.82, 2.24) is 5.32 Å². The number of hydrogen-bond donors (Lipinski definition) is 2. The summed E-state index contributed by atoms with van der Waals surface area (Å²) >= 11 is 0. The lowest BCUT2D eigenvalue weighted by Gasteiger charge is -2.19. The molecule has 0 fully saturated rings.